The predicted octanol–water partition coefficient (Wildman–Crippen LogP) is 3.13. The summed E-state index contributed by atoms with van der Waals surface area (Å²) >= 11 is 0. The first kappa shape index (κ1) is 15.7. The average Bonchev–Trinajstić information content (AvgIpc) is 3.05. The molecule has 1 aliphatic rings. The zero-order chi connectivity index (χ0) is 16.2. The van der Waals surface area contributed by atoms with Crippen LogP contribution in [0, 0.1) is 5.82 Å². The van der Waals surface area contributed by atoms with Crippen LogP contribution >= 0.6 is 0 Å². The fourth-order valence-electron chi connectivity index (χ4n) is 2.84. The maximum atomic E-state index is 13.7. The minimum Gasteiger partial charge on any atom is -0.458 e. The van der Waals surface area contributed by atoms with Gasteiger partial charge in [0.05, 0.1) is 6.10 Å². The van der Waals surface area contributed by atoms with Crippen LogP contribution in [0.5, 0.6) is 0 Å². The second-order valence-corrected chi connectivity index (χ2v) is 5.65. The molecule has 1 saturated carbocycles. The van der Waals surface area contributed by atoms with Crippen LogP contribution in [0.4, 0.5) is 4.39 Å². The van der Waals surface area contributed by atoms with Crippen molar-refractivity contribution in [3.05, 3.63) is 48.0 Å². The molecule has 23 heavy (non-hydrogen) atoms. The Bertz CT molecular complexity index is 686. The topological polar surface area (TPSA) is 53.4 Å². The summed E-state index contributed by atoms with van der Waals surface area (Å²) in [6, 6.07) is 7.80. The predicted molar refractivity (Wildman–Crippen MR) is 82.0 cm³/mol. The summed E-state index contributed by atoms with van der Waals surface area (Å²) in [4.78, 5) is 12.2. The Morgan fingerprint density at radius 2 is 2.04 bits per heavy atom. The van der Waals surface area contributed by atoms with Gasteiger partial charge >= 0.3 is 5.97 Å². The van der Waals surface area contributed by atoms with Crippen molar-refractivity contribution >= 4 is 5.97 Å². The third-order valence-electron chi connectivity index (χ3n) is 4.08. The van der Waals surface area contributed by atoms with Crippen molar-refractivity contribution in [2.75, 3.05) is 7.11 Å². The van der Waals surface area contributed by atoms with Gasteiger partial charge in [-0.1, -0.05) is 12.1 Å². The number of nitrogens with zero attached hydrogens (tertiary/aromatic N) is 2. The molecule has 5 nitrogen and oxygen atoms in total. The van der Waals surface area contributed by atoms with Crippen LogP contribution in [0.25, 0.3) is 5.69 Å². The van der Waals surface area contributed by atoms with Gasteiger partial charge in [0, 0.05) is 19.7 Å². The maximum absolute atomic E-state index is 13.7. The molecule has 2 unspecified atom stereocenters. The molecule has 1 aromatic heterocycles. The van der Waals surface area contributed by atoms with E-state index < -0.39 is 11.8 Å². The Labute approximate surface area is 134 Å². The summed E-state index contributed by atoms with van der Waals surface area (Å²) in [6.07, 6.45) is 5.04. The summed E-state index contributed by atoms with van der Waals surface area (Å²) < 4.78 is 25.9. The minimum atomic E-state index is -0.484. The molecule has 1 fully saturated rings. The van der Waals surface area contributed by atoms with Crippen LogP contribution in [0.1, 0.15) is 36.2 Å². The molecule has 122 valence electrons. The number of hydrogen-bond acceptors (Lipinski definition) is 4. The van der Waals surface area contributed by atoms with Gasteiger partial charge in [0.2, 0.25) is 0 Å². The van der Waals surface area contributed by atoms with Crippen molar-refractivity contribution in [3.63, 3.8) is 0 Å². The van der Waals surface area contributed by atoms with Gasteiger partial charge in [0.15, 0.2) is 5.69 Å². The smallest absolute Gasteiger partial charge is 0.359 e. The molecule has 2 aromatic rings. The summed E-state index contributed by atoms with van der Waals surface area (Å²) in [7, 11) is 1.67. The number of halogens is 1. The number of hydrogen-bond donors (Lipinski definition) is 0. The number of carbonyl (C=O) groups excluding carboxylic acids is 1. The quantitative estimate of drug-likeness (QED) is 0.813. The van der Waals surface area contributed by atoms with Gasteiger partial charge in [-0.2, -0.15) is 5.10 Å². The fraction of sp³-hybridized carbons (Fsp3) is 0.412. The molecule has 2 atom stereocenters. The largest absolute Gasteiger partial charge is 0.458 e. The van der Waals surface area contributed by atoms with Crippen molar-refractivity contribution in [2.24, 2.45) is 0 Å². The van der Waals surface area contributed by atoms with E-state index in [0.29, 0.717) is 12.1 Å². The maximum Gasteiger partial charge on any atom is 0.359 e. The van der Waals surface area contributed by atoms with Crippen molar-refractivity contribution in [1.82, 2.24) is 9.78 Å². The zero-order valence-electron chi connectivity index (χ0n) is 12.9. The van der Waals surface area contributed by atoms with Gasteiger partial charge in [0.25, 0.3) is 0 Å². The Hall–Kier alpha value is -2.21. The molecule has 1 heterocycles. The van der Waals surface area contributed by atoms with Crippen LogP contribution in [-0.2, 0) is 9.47 Å². The van der Waals surface area contributed by atoms with E-state index >= 15 is 0 Å². The molecule has 0 N–H and O–H groups in total. The third-order valence-corrected chi connectivity index (χ3v) is 4.08. The van der Waals surface area contributed by atoms with Crippen LogP contribution in [0.3, 0.4) is 0 Å². The van der Waals surface area contributed by atoms with E-state index in [-0.39, 0.29) is 17.9 Å². The lowest BCUT2D eigenvalue weighted by Crippen LogP contribution is -2.29. The highest BCUT2D eigenvalue weighted by molar-refractivity contribution is 5.87. The van der Waals surface area contributed by atoms with Crippen LogP contribution < -0.4 is 0 Å². The van der Waals surface area contributed by atoms with E-state index in [0.717, 1.165) is 19.3 Å². The third kappa shape index (κ3) is 3.59. The summed E-state index contributed by atoms with van der Waals surface area (Å²) in [6.45, 7) is 0. The Morgan fingerprint density at radius 1 is 1.26 bits per heavy atom. The van der Waals surface area contributed by atoms with Crippen LogP contribution in [-0.4, -0.2) is 35.1 Å². The summed E-state index contributed by atoms with van der Waals surface area (Å²) in [5.74, 6) is -0.882. The first-order valence-electron chi connectivity index (χ1n) is 7.71. The molecule has 0 radical (unpaired) electrons. The Kier molecular flexibility index (Phi) is 4.71. The number of ether oxygens (including phenoxy) is 2. The van der Waals surface area contributed by atoms with Crippen molar-refractivity contribution < 1.29 is 18.7 Å². The highest BCUT2D eigenvalue weighted by Gasteiger charge is 2.26. The molecule has 1 aromatic carbocycles. The van der Waals surface area contributed by atoms with Crippen LogP contribution in [0.15, 0.2) is 36.5 Å². The van der Waals surface area contributed by atoms with Gasteiger partial charge in [-0.15, -0.1) is 0 Å². The van der Waals surface area contributed by atoms with Crippen molar-refractivity contribution in [2.45, 2.75) is 37.9 Å². The normalized spacial score (nSPS) is 21.1. The molecule has 0 amide bonds. The molecule has 6 heteroatoms. The van der Waals surface area contributed by atoms with Crippen molar-refractivity contribution in [3.8, 4) is 5.69 Å². The van der Waals surface area contributed by atoms with E-state index in [1.807, 2.05) is 0 Å². The van der Waals surface area contributed by atoms with E-state index in [4.69, 9.17) is 9.47 Å². The standard InChI is InChI=1S/C17H19FN2O3/c1-22-12-5-4-6-13(11-12)23-17(21)15-9-10-20(19-15)16-8-3-2-7-14(16)18/h2-3,7-10,12-13H,4-6,11H2,1H3. The lowest BCUT2D eigenvalue weighted by Gasteiger charge is -2.27. The van der Waals surface area contributed by atoms with E-state index in [1.165, 1.54) is 16.8 Å². The van der Waals surface area contributed by atoms with Gasteiger partial charge in [-0.05, 0) is 37.5 Å². The fourth-order valence-corrected chi connectivity index (χ4v) is 2.84. The van der Waals surface area contributed by atoms with Gasteiger partial charge in [0.1, 0.15) is 17.6 Å². The number of benzene rings is 1. The van der Waals surface area contributed by atoms with E-state index in [2.05, 4.69) is 5.10 Å². The minimum absolute atomic E-state index is 0.137. The molecule has 3 rings (SSSR count). The molecule has 0 saturated heterocycles. The highest BCUT2D eigenvalue weighted by atomic mass is 19.1. The molecule has 1 aliphatic carbocycles. The van der Waals surface area contributed by atoms with Gasteiger partial charge in [-0.25, -0.2) is 13.9 Å². The van der Waals surface area contributed by atoms with Crippen molar-refractivity contribution in [1.29, 1.82) is 0 Å². The Balaban J connectivity index is 1.68. The molecular formula is C17H19FN2O3. The monoisotopic (exact) mass is 318 g/mol. The number of carbonyl (C=O) groups is 1. The number of methoxy groups -OCH3 is 1. The number of rotatable bonds is 4. The molecule has 0 bridgehead atoms. The number of para-hydroxylation sites is 1. The van der Waals surface area contributed by atoms with Gasteiger partial charge in [-0.3, -0.25) is 0 Å². The highest BCUT2D eigenvalue weighted by Crippen LogP contribution is 2.24. The molecule has 0 aliphatic heterocycles. The summed E-state index contributed by atoms with van der Waals surface area (Å²) in [5, 5.41) is 4.12. The second kappa shape index (κ2) is 6.91. The molecule has 0 spiro atoms. The average molecular weight is 318 g/mol. The zero-order valence-corrected chi connectivity index (χ0v) is 12.9. The van der Waals surface area contributed by atoms with Gasteiger partial charge < -0.3 is 9.47 Å². The molecular weight excluding hydrogens is 299 g/mol. The summed E-state index contributed by atoms with van der Waals surface area (Å²) in [5.41, 5.74) is 0.469. The number of esters is 1. The SMILES string of the molecule is COC1CCCC(OC(=O)c2ccn(-c3ccccc3F)n2)C1. The van der Waals surface area contributed by atoms with E-state index in [1.54, 1.807) is 31.5 Å². The Morgan fingerprint density at radius 3 is 2.83 bits per heavy atom. The first-order valence-corrected chi connectivity index (χ1v) is 7.71. The lowest BCUT2D eigenvalue weighted by molar-refractivity contribution is -0.0153. The lowest BCUT2D eigenvalue weighted by atomic mass is 9.95. The van der Waals surface area contributed by atoms with E-state index in [9.17, 15) is 9.18 Å². The first-order chi connectivity index (χ1) is 11.2. The second-order valence-electron chi connectivity index (χ2n) is 5.65. The number of aromatic nitrogens is 2. The van der Waals surface area contributed by atoms with Crippen LogP contribution in [0.2, 0.25) is 0 Å².